The number of benzene rings is 1. The van der Waals surface area contributed by atoms with Gasteiger partial charge < -0.3 is 0 Å². The molecule has 6 nitrogen and oxygen atoms in total. The number of urea groups is 1. The van der Waals surface area contributed by atoms with E-state index in [0.717, 1.165) is 34.4 Å². The summed E-state index contributed by atoms with van der Waals surface area (Å²) in [4.78, 5) is 44.2. The number of rotatable bonds is 3. The Balaban J connectivity index is 1.64. The Labute approximate surface area is 178 Å². The number of nitrogens with one attached hydrogen (secondary N) is 1. The number of carbonyl (C=O) groups excluding carboxylic acids is 3. The van der Waals surface area contributed by atoms with Crippen LogP contribution in [0.4, 0.5) is 10.5 Å². The van der Waals surface area contributed by atoms with E-state index < -0.39 is 23.8 Å². The number of aryl methyl sites for hydroxylation is 3. The maximum absolute atomic E-state index is 13.3. The summed E-state index contributed by atoms with van der Waals surface area (Å²) >= 11 is 0. The minimum atomic E-state index is -1.09. The van der Waals surface area contributed by atoms with E-state index in [1.165, 1.54) is 12.6 Å². The lowest BCUT2D eigenvalue weighted by Crippen LogP contribution is -2.59. The molecule has 1 aliphatic heterocycles. The van der Waals surface area contributed by atoms with Gasteiger partial charge in [-0.15, -0.1) is 0 Å². The van der Waals surface area contributed by atoms with Crippen LogP contribution in [0, 0.1) is 43.4 Å². The minimum absolute atomic E-state index is 0.0714. The van der Waals surface area contributed by atoms with Crippen LogP contribution in [0.5, 0.6) is 0 Å². The Hall–Kier alpha value is -2.50. The first-order chi connectivity index (χ1) is 14.0. The fourth-order valence-corrected chi connectivity index (χ4v) is 6.04. The van der Waals surface area contributed by atoms with Crippen molar-refractivity contribution in [3.05, 3.63) is 28.8 Å². The number of anilines is 1. The average molecular weight is 410 g/mol. The van der Waals surface area contributed by atoms with Crippen LogP contribution in [0.15, 0.2) is 17.1 Å². The molecule has 30 heavy (non-hydrogen) atoms. The molecule has 4 amide bonds. The normalized spacial score (nSPS) is 32.9. The second kappa shape index (κ2) is 6.76. The van der Waals surface area contributed by atoms with E-state index in [2.05, 4.69) is 26.1 Å². The fourth-order valence-electron chi connectivity index (χ4n) is 6.04. The van der Waals surface area contributed by atoms with E-state index in [9.17, 15) is 14.4 Å². The summed E-state index contributed by atoms with van der Waals surface area (Å²) in [6, 6.07) is 3.26. The Morgan fingerprint density at radius 2 is 1.73 bits per heavy atom. The van der Waals surface area contributed by atoms with Gasteiger partial charge in [0.25, 0.3) is 5.91 Å². The predicted molar refractivity (Wildman–Crippen MR) is 117 cm³/mol. The SMILES string of the molecule is Cc1cc(C)c(N2C(=O)NC(=O)[C@@H](C=N[C@@H]3C[C@H]4CC[C@]3(C)C4(C)C)C2=O)c(C)c1. The van der Waals surface area contributed by atoms with Gasteiger partial charge in [0.1, 0.15) is 0 Å². The molecule has 1 aromatic rings. The summed E-state index contributed by atoms with van der Waals surface area (Å²) in [6.07, 6.45) is 4.81. The highest BCUT2D eigenvalue weighted by Gasteiger charge is 2.61. The number of fused-ring (bicyclic) bond motifs is 2. The highest BCUT2D eigenvalue weighted by Crippen LogP contribution is 2.66. The Bertz CT molecular complexity index is 957. The second-order valence-electron chi connectivity index (χ2n) is 10.1. The first-order valence-electron chi connectivity index (χ1n) is 10.8. The molecule has 0 unspecified atom stereocenters. The number of hydrogen-bond donors (Lipinski definition) is 1. The molecule has 3 fully saturated rings. The van der Waals surface area contributed by atoms with Gasteiger partial charge in [0, 0.05) is 6.21 Å². The summed E-state index contributed by atoms with van der Waals surface area (Å²) in [5.74, 6) is -1.60. The summed E-state index contributed by atoms with van der Waals surface area (Å²) in [5.41, 5.74) is 3.52. The first kappa shape index (κ1) is 20.8. The van der Waals surface area contributed by atoms with Crippen LogP contribution in [0.3, 0.4) is 0 Å². The van der Waals surface area contributed by atoms with Crippen LogP contribution in [-0.4, -0.2) is 30.1 Å². The molecule has 1 aromatic carbocycles. The number of nitrogens with zero attached hydrogens (tertiary/aromatic N) is 2. The van der Waals surface area contributed by atoms with Crippen LogP contribution < -0.4 is 10.2 Å². The fraction of sp³-hybridized carbons (Fsp3) is 0.583. The lowest BCUT2D eigenvalue weighted by atomic mass is 9.69. The molecule has 0 aromatic heterocycles. The first-order valence-corrected chi connectivity index (χ1v) is 10.8. The maximum atomic E-state index is 13.3. The molecule has 3 aliphatic rings. The van der Waals surface area contributed by atoms with Crippen LogP contribution in [0.25, 0.3) is 0 Å². The molecule has 1 saturated heterocycles. The monoisotopic (exact) mass is 409 g/mol. The number of barbiturate groups is 1. The van der Waals surface area contributed by atoms with E-state index in [0.29, 0.717) is 11.6 Å². The number of carbonyl (C=O) groups is 3. The van der Waals surface area contributed by atoms with Crippen LogP contribution >= 0.6 is 0 Å². The maximum Gasteiger partial charge on any atom is 0.335 e. The molecular formula is C24H31N3O3. The topological polar surface area (TPSA) is 78.8 Å². The third kappa shape index (κ3) is 2.83. The van der Waals surface area contributed by atoms with Crippen molar-refractivity contribution in [2.24, 2.45) is 27.7 Å². The van der Waals surface area contributed by atoms with E-state index in [1.807, 2.05) is 32.9 Å². The molecule has 2 saturated carbocycles. The van der Waals surface area contributed by atoms with Gasteiger partial charge in [-0.25, -0.2) is 9.69 Å². The highest BCUT2D eigenvalue weighted by atomic mass is 16.2. The van der Waals surface area contributed by atoms with Crippen molar-refractivity contribution in [1.82, 2.24) is 5.32 Å². The van der Waals surface area contributed by atoms with E-state index in [4.69, 9.17) is 4.99 Å². The molecule has 6 heteroatoms. The average Bonchev–Trinajstić information content (AvgIpc) is 2.96. The smallest absolute Gasteiger partial charge is 0.292 e. The van der Waals surface area contributed by atoms with Gasteiger partial charge in [-0.05, 0) is 67.9 Å². The molecule has 1 N–H and O–H groups in total. The molecular weight excluding hydrogens is 378 g/mol. The van der Waals surface area contributed by atoms with Gasteiger partial charge in [-0.1, -0.05) is 38.5 Å². The summed E-state index contributed by atoms with van der Waals surface area (Å²) < 4.78 is 0. The largest absolute Gasteiger partial charge is 0.335 e. The van der Waals surface area contributed by atoms with Crippen molar-refractivity contribution in [3.8, 4) is 0 Å². The zero-order chi connectivity index (χ0) is 22.0. The van der Waals surface area contributed by atoms with Crippen LogP contribution in [0.1, 0.15) is 56.7 Å². The van der Waals surface area contributed by atoms with Crippen molar-refractivity contribution >= 4 is 29.7 Å². The number of amides is 4. The summed E-state index contributed by atoms with van der Waals surface area (Å²) in [5, 5.41) is 2.35. The molecule has 160 valence electrons. The van der Waals surface area contributed by atoms with Gasteiger partial charge in [0.2, 0.25) is 5.91 Å². The minimum Gasteiger partial charge on any atom is -0.292 e. The highest BCUT2D eigenvalue weighted by molar-refractivity contribution is 6.33. The van der Waals surface area contributed by atoms with Crippen molar-refractivity contribution in [1.29, 1.82) is 0 Å². The lowest BCUT2D eigenvalue weighted by Gasteiger charge is -2.37. The lowest BCUT2D eigenvalue weighted by molar-refractivity contribution is -0.131. The van der Waals surface area contributed by atoms with Gasteiger partial charge in [-0.3, -0.25) is 19.9 Å². The molecule has 4 rings (SSSR count). The second-order valence-corrected chi connectivity index (χ2v) is 10.1. The third-order valence-corrected chi connectivity index (χ3v) is 8.22. The zero-order valence-electron chi connectivity index (χ0n) is 18.7. The molecule has 0 radical (unpaired) electrons. The zero-order valence-corrected chi connectivity index (χ0v) is 18.7. The Kier molecular flexibility index (Phi) is 4.68. The number of imide groups is 2. The number of hydrogen-bond acceptors (Lipinski definition) is 4. The van der Waals surface area contributed by atoms with Crippen LogP contribution in [-0.2, 0) is 9.59 Å². The molecule has 0 spiro atoms. The van der Waals surface area contributed by atoms with Gasteiger partial charge in [-0.2, -0.15) is 0 Å². The summed E-state index contributed by atoms with van der Waals surface area (Å²) in [7, 11) is 0. The Morgan fingerprint density at radius 1 is 1.10 bits per heavy atom. The molecule has 1 heterocycles. The third-order valence-electron chi connectivity index (χ3n) is 8.22. The van der Waals surface area contributed by atoms with Crippen molar-refractivity contribution in [3.63, 3.8) is 0 Å². The van der Waals surface area contributed by atoms with Crippen molar-refractivity contribution in [2.45, 2.75) is 66.8 Å². The summed E-state index contributed by atoms with van der Waals surface area (Å²) in [6.45, 7) is 12.6. The standard InChI is InChI=1S/C24H31N3O3/c1-13-9-14(2)19(15(3)10-13)27-21(29)17(20(28)26-22(27)30)12-25-18-11-16-7-8-24(18,6)23(16,4)5/h9-10,12,16-18H,7-8,11H2,1-6H3,(H,26,28,30)/t16-,17-,18-,24+/m1/s1. The molecule has 2 aliphatic carbocycles. The van der Waals surface area contributed by atoms with Crippen LogP contribution in [0.2, 0.25) is 0 Å². The quantitative estimate of drug-likeness (QED) is 0.603. The predicted octanol–water partition coefficient (Wildman–Crippen LogP) is 4.10. The van der Waals surface area contributed by atoms with E-state index in [-0.39, 0.29) is 16.9 Å². The number of aliphatic imine (C=N–C) groups is 1. The Morgan fingerprint density at radius 3 is 2.27 bits per heavy atom. The van der Waals surface area contributed by atoms with Gasteiger partial charge >= 0.3 is 6.03 Å². The molecule has 4 atom stereocenters. The van der Waals surface area contributed by atoms with E-state index >= 15 is 0 Å². The van der Waals surface area contributed by atoms with Crippen molar-refractivity contribution in [2.75, 3.05) is 4.90 Å². The van der Waals surface area contributed by atoms with Gasteiger partial charge in [0.05, 0.1) is 11.7 Å². The van der Waals surface area contributed by atoms with Crippen molar-refractivity contribution < 1.29 is 14.4 Å². The molecule has 2 bridgehead atoms. The van der Waals surface area contributed by atoms with E-state index in [1.54, 1.807) is 0 Å². The van der Waals surface area contributed by atoms with Gasteiger partial charge in [0.15, 0.2) is 5.92 Å².